The fraction of sp³-hybridized carbons (Fsp3) is 0.778. The Morgan fingerprint density at radius 3 is 2.67 bits per heavy atom. The average Bonchev–Trinajstić information content (AvgIpc) is 2.51. The molecule has 6 nitrogen and oxygen atoms in total. The summed E-state index contributed by atoms with van der Waals surface area (Å²) in [5, 5.41) is 0. The van der Waals surface area contributed by atoms with Gasteiger partial charge >= 0.3 is 0 Å². The second-order valence-corrected chi connectivity index (χ2v) is 7.69. The normalized spacial score (nSPS) is 25.1. The lowest BCUT2D eigenvalue weighted by atomic mass is 10.0. The molecule has 2 aliphatic rings. The molecule has 0 radical (unpaired) electrons. The fourth-order valence-corrected chi connectivity index (χ4v) is 3.61. The summed E-state index contributed by atoms with van der Waals surface area (Å²) >= 11 is 0. The van der Waals surface area contributed by atoms with Crippen LogP contribution in [-0.4, -0.2) is 53.3 Å². The van der Waals surface area contributed by atoms with Crippen molar-refractivity contribution in [2.24, 2.45) is 5.92 Å². The molecule has 0 unspecified atom stereocenters. The predicted octanol–water partition coefficient (Wildman–Crippen LogP) is 1.79. The van der Waals surface area contributed by atoms with Crippen molar-refractivity contribution in [2.75, 3.05) is 31.1 Å². The molecule has 3 heterocycles. The minimum Gasteiger partial charge on any atom is -0.372 e. The molecule has 0 saturated carbocycles. The van der Waals surface area contributed by atoms with E-state index < -0.39 is 0 Å². The number of morpholine rings is 1. The van der Waals surface area contributed by atoms with Gasteiger partial charge in [0.1, 0.15) is 0 Å². The van der Waals surface area contributed by atoms with Gasteiger partial charge in [-0.3, -0.25) is 14.7 Å². The molecule has 2 aliphatic heterocycles. The smallest absolute Gasteiger partial charge is 0.255 e. The maximum Gasteiger partial charge on any atom is 0.255 e. The van der Waals surface area contributed by atoms with Gasteiger partial charge < -0.3 is 9.64 Å². The SMILES string of the molecule is CC(C)CCN1CCc2c(nc(N3C[C@@H](C)O[C@H](C)C3)[nH]c2=O)C1. The minimum atomic E-state index is 0.0327. The summed E-state index contributed by atoms with van der Waals surface area (Å²) < 4.78 is 5.78. The van der Waals surface area contributed by atoms with Gasteiger partial charge in [0.2, 0.25) is 5.95 Å². The topological polar surface area (TPSA) is 61.5 Å². The highest BCUT2D eigenvalue weighted by molar-refractivity contribution is 5.35. The summed E-state index contributed by atoms with van der Waals surface area (Å²) in [6.07, 6.45) is 2.28. The predicted molar refractivity (Wildman–Crippen MR) is 95.5 cm³/mol. The number of nitrogens with one attached hydrogen (secondary N) is 1. The van der Waals surface area contributed by atoms with Crippen molar-refractivity contribution in [3.05, 3.63) is 21.6 Å². The lowest BCUT2D eigenvalue weighted by molar-refractivity contribution is -0.00576. The van der Waals surface area contributed by atoms with Crippen molar-refractivity contribution in [3.63, 3.8) is 0 Å². The van der Waals surface area contributed by atoms with Crippen LogP contribution in [0, 0.1) is 5.92 Å². The van der Waals surface area contributed by atoms with E-state index >= 15 is 0 Å². The second-order valence-electron chi connectivity index (χ2n) is 7.69. The number of fused-ring (bicyclic) bond motifs is 1. The maximum atomic E-state index is 12.5. The zero-order chi connectivity index (χ0) is 17.3. The van der Waals surface area contributed by atoms with Gasteiger partial charge in [0.15, 0.2) is 0 Å². The molecule has 2 atom stereocenters. The Morgan fingerprint density at radius 1 is 1.29 bits per heavy atom. The molecule has 24 heavy (non-hydrogen) atoms. The summed E-state index contributed by atoms with van der Waals surface area (Å²) in [6, 6.07) is 0. The molecule has 6 heteroatoms. The molecule has 1 aromatic heterocycles. The summed E-state index contributed by atoms with van der Waals surface area (Å²) in [7, 11) is 0. The van der Waals surface area contributed by atoms with Crippen LogP contribution in [0.3, 0.4) is 0 Å². The quantitative estimate of drug-likeness (QED) is 0.909. The van der Waals surface area contributed by atoms with E-state index in [0.717, 1.165) is 50.4 Å². The van der Waals surface area contributed by atoms with Gasteiger partial charge in [0.05, 0.1) is 17.9 Å². The van der Waals surface area contributed by atoms with E-state index in [1.807, 2.05) is 0 Å². The van der Waals surface area contributed by atoms with Crippen molar-refractivity contribution in [3.8, 4) is 0 Å². The van der Waals surface area contributed by atoms with E-state index in [4.69, 9.17) is 9.72 Å². The van der Waals surface area contributed by atoms with Crippen LogP contribution >= 0.6 is 0 Å². The summed E-state index contributed by atoms with van der Waals surface area (Å²) in [4.78, 5) is 24.9. The first kappa shape index (κ1) is 17.4. The molecule has 1 fully saturated rings. The largest absolute Gasteiger partial charge is 0.372 e. The standard InChI is InChI=1S/C18H30N4O2/c1-12(2)5-7-21-8-6-15-16(11-21)19-18(20-17(15)23)22-9-13(3)24-14(4)10-22/h12-14H,5-11H2,1-4H3,(H,19,20,23)/t13-,14-/m1/s1. The Balaban J connectivity index is 1.78. The number of anilines is 1. The maximum absolute atomic E-state index is 12.5. The number of aromatic nitrogens is 2. The number of hydrogen-bond acceptors (Lipinski definition) is 5. The van der Waals surface area contributed by atoms with E-state index in [0.29, 0.717) is 11.9 Å². The van der Waals surface area contributed by atoms with Crippen LogP contribution in [-0.2, 0) is 17.7 Å². The van der Waals surface area contributed by atoms with Crippen LogP contribution in [0.2, 0.25) is 0 Å². The number of nitrogens with zero attached hydrogens (tertiary/aromatic N) is 3. The minimum absolute atomic E-state index is 0.0327. The third kappa shape index (κ3) is 3.98. The Labute approximate surface area is 144 Å². The molecule has 3 rings (SSSR count). The van der Waals surface area contributed by atoms with Crippen LogP contribution in [0.5, 0.6) is 0 Å². The molecular weight excluding hydrogens is 304 g/mol. The van der Waals surface area contributed by atoms with Gasteiger partial charge in [-0.25, -0.2) is 4.98 Å². The monoisotopic (exact) mass is 334 g/mol. The molecule has 1 N–H and O–H groups in total. The van der Waals surface area contributed by atoms with Crippen molar-refractivity contribution in [1.82, 2.24) is 14.9 Å². The van der Waals surface area contributed by atoms with Gasteiger partial charge in [-0.05, 0) is 39.2 Å². The molecule has 134 valence electrons. The van der Waals surface area contributed by atoms with Gasteiger partial charge in [-0.2, -0.15) is 0 Å². The molecule has 0 aromatic carbocycles. The zero-order valence-corrected chi connectivity index (χ0v) is 15.3. The molecular formula is C18H30N4O2. The summed E-state index contributed by atoms with van der Waals surface area (Å²) in [5.74, 6) is 1.40. The first-order chi connectivity index (χ1) is 11.4. The van der Waals surface area contributed by atoms with Crippen molar-refractivity contribution < 1.29 is 4.74 Å². The first-order valence-electron chi connectivity index (χ1n) is 9.17. The van der Waals surface area contributed by atoms with E-state index in [2.05, 4.69) is 42.5 Å². The molecule has 1 saturated heterocycles. The molecule has 0 spiro atoms. The summed E-state index contributed by atoms with van der Waals surface area (Å²) in [6.45, 7) is 13.0. The Kier molecular flexibility index (Phi) is 5.25. The Bertz CT molecular complexity index is 618. The van der Waals surface area contributed by atoms with Gasteiger partial charge in [0, 0.05) is 31.7 Å². The van der Waals surface area contributed by atoms with Crippen LogP contribution in [0.15, 0.2) is 4.79 Å². The highest BCUT2D eigenvalue weighted by Crippen LogP contribution is 2.20. The molecule has 0 amide bonds. The van der Waals surface area contributed by atoms with E-state index in [1.165, 1.54) is 6.42 Å². The van der Waals surface area contributed by atoms with Gasteiger partial charge in [-0.1, -0.05) is 13.8 Å². The number of H-pyrrole nitrogens is 1. The molecule has 1 aromatic rings. The van der Waals surface area contributed by atoms with Crippen LogP contribution in [0.1, 0.15) is 45.4 Å². The van der Waals surface area contributed by atoms with E-state index in [-0.39, 0.29) is 17.8 Å². The average molecular weight is 334 g/mol. The summed E-state index contributed by atoms with van der Waals surface area (Å²) in [5.41, 5.74) is 1.86. The number of hydrogen-bond donors (Lipinski definition) is 1. The van der Waals surface area contributed by atoms with Crippen LogP contribution in [0.4, 0.5) is 5.95 Å². The zero-order valence-electron chi connectivity index (χ0n) is 15.3. The lowest BCUT2D eigenvalue weighted by Gasteiger charge is -2.36. The molecule has 0 bridgehead atoms. The first-order valence-corrected chi connectivity index (χ1v) is 9.17. The highest BCUT2D eigenvalue weighted by atomic mass is 16.5. The van der Waals surface area contributed by atoms with Crippen molar-refractivity contribution in [1.29, 1.82) is 0 Å². The number of ether oxygens (including phenoxy) is 1. The number of rotatable bonds is 4. The Hall–Kier alpha value is -1.40. The second kappa shape index (κ2) is 7.23. The third-order valence-corrected chi connectivity index (χ3v) is 4.88. The van der Waals surface area contributed by atoms with Gasteiger partial charge in [-0.15, -0.1) is 0 Å². The van der Waals surface area contributed by atoms with Crippen molar-refractivity contribution >= 4 is 5.95 Å². The fourth-order valence-electron chi connectivity index (χ4n) is 3.61. The molecule has 0 aliphatic carbocycles. The van der Waals surface area contributed by atoms with Crippen LogP contribution in [0.25, 0.3) is 0 Å². The van der Waals surface area contributed by atoms with Crippen LogP contribution < -0.4 is 10.5 Å². The van der Waals surface area contributed by atoms with E-state index in [9.17, 15) is 4.79 Å². The third-order valence-electron chi connectivity index (χ3n) is 4.88. The van der Waals surface area contributed by atoms with E-state index in [1.54, 1.807) is 0 Å². The lowest BCUT2D eigenvalue weighted by Crippen LogP contribution is -2.47. The van der Waals surface area contributed by atoms with Crippen molar-refractivity contribution in [2.45, 2.75) is 59.3 Å². The number of aromatic amines is 1. The Morgan fingerprint density at radius 2 is 2.00 bits per heavy atom. The van der Waals surface area contributed by atoms with Gasteiger partial charge in [0.25, 0.3) is 5.56 Å². The highest BCUT2D eigenvalue weighted by Gasteiger charge is 2.26.